The molecule has 1 rings (SSSR count). The topological polar surface area (TPSA) is 57.6 Å². The smallest absolute Gasteiger partial charge is 0.323 e. The number of carboxylic acid groups (broad SMARTS) is 1. The van der Waals surface area contributed by atoms with Crippen molar-refractivity contribution in [2.45, 2.75) is 38.6 Å². The van der Waals surface area contributed by atoms with Crippen LogP contribution >= 0.6 is 0 Å². The Morgan fingerprint density at radius 3 is 2.47 bits per heavy atom. The Balaban J connectivity index is 2.67. The highest BCUT2D eigenvalue weighted by atomic mass is 16.4. The average molecular weight is 211 g/mol. The van der Waals surface area contributed by atoms with Crippen LogP contribution < -0.4 is 0 Å². The van der Waals surface area contributed by atoms with Gasteiger partial charge in [-0.25, -0.2) is 0 Å². The number of carboxylic acids is 1. The van der Waals surface area contributed by atoms with E-state index < -0.39 is 5.97 Å². The SMILES string of the molecule is C/C=C/C(=O)N(CC(=O)O)C1CCCC1. The van der Waals surface area contributed by atoms with Crippen molar-refractivity contribution in [1.82, 2.24) is 4.90 Å². The van der Waals surface area contributed by atoms with Crippen LogP contribution in [-0.2, 0) is 9.59 Å². The average Bonchev–Trinajstić information content (AvgIpc) is 2.66. The van der Waals surface area contributed by atoms with Gasteiger partial charge in [-0.1, -0.05) is 18.9 Å². The summed E-state index contributed by atoms with van der Waals surface area (Å²) in [5.74, 6) is -1.13. The highest BCUT2D eigenvalue weighted by Gasteiger charge is 2.26. The van der Waals surface area contributed by atoms with Gasteiger partial charge in [-0.3, -0.25) is 9.59 Å². The zero-order valence-corrected chi connectivity index (χ0v) is 8.98. The van der Waals surface area contributed by atoms with Crippen LogP contribution in [0.2, 0.25) is 0 Å². The lowest BCUT2D eigenvalue weighted by molar-refractivity contribution is -0.144. The highest BCUT2D eigenvalue weighted by Crippen LogP contribution is 2.23. The second-order valence-electron chi connectivity index (χ2n) is 3.80. The van der Waals surface area contributed by atoms with E-state index in [0.29, 0.717) is 0 Å². The molecule has 0 bridgehead atoms. The van der Waals surface area contributed by atoms with Crippen molar-refractivity contribution in [3.63, 3.8) is 0 Å². The van der Waals surface area contributed by atoms with Gasteiger partial charge in [0.25, 0.3) is 0 Å². The largest absolute Gasteiger partial charge is 0.480 e. The molecule has 1 N–H and O–H groups in total. The van der Waals surface area contributed by atoms with Gasteiger partial charge in [-0.15, -0.1) is 0 Å². The number of allylic oxidation sites excluding steroid dienone is 1. The molecular weight excluding hydrogens is 194 g/mol. The van der Waals surface area contributed by atoms with Crippen LogP contribution in [0.1, 0.15) is 32.6 Å². The maximum absolute atomic E-state index is 11.6. The monoisotopic (exact) mass is 211 g/mol. The Bertz CT molecular complexity index is 267. The second-order valence-corrected chi connectivity index (χ2v) is 3.80. The molecule has 0 saturated heterocycles. The van der Waals surface area contributed by atoms with Crippen LogP contribution in [0.15, 0.2) is 12.2 Å². The number of hydrogen-bond donors (Lipinski definition) is 1. The number of amides is 1. The van der Waals surface area contributed by atoms with Crippen molar-refractivity contribution >= 4 is 11.9 Å². The third kappa shape index (κ3) is 3.38. The Kier molecular flexibility index (Phi) is 4.34. The van der Waals surface area contributed by atoms with E-state index in [1.807, 2.05) is 0 Å². The highest BCUT2D eigenvalue weighted by molar-refractivity contribution is 5.90. The molecule has 0 unspecified atom stereocenters. The summed E-state index contributed by atoms with van der Waals surface area (Å²) in [4.78, 5) is 23.8. The number of hydrogen-bond acceptors (Lipinski definition) is 2. The van der Waals surface area contributed by atoms with E-state index >= 15 is 0 Å². The molecule has 15 heavy (non-hydrogen) atoms. The minimum atomic E-state index is -0.945. The third-order valence-electron chi connectivity index (χ3n) is 2.66. The minimum Gasteiger partial charge on any atom is -0.480 e. The van der Waals surface area contributed by atoms with Crippen molar-refractivity contribution < 1.29 is 14.7 Å². The van der Waals surface area contributed by atoms with Crippen molar-refractivity contribution in [3.8, 4) is 0 Å². The fraction of sp³-hybridized carbons (Fsp3) is 0.636. The molecule has 0 aliphatic heterocycles. The summed E-state index contributed by atoms with van der Waals surface area (Å²) >= 11 is 0. The summed E-state index contributed by atoms with van der Waals surface area (Å²) in [6, 6.07) is 0.116. The molecular formula is C11H17NO3. The lowest BCUT2D eigenvalue weighted by Crippen LogP contribution is -2.41. The van der Waals surface area contributed by atoms with E-state index in [0.717, 1.165) is 25.7 Å². The van der Waals surface area contributed by atoms with Gasteiger partial charge >= 0.3 is 5.97 Å². The summed E-state index contributed by atoms with van der Waals surface area (Å²) in [6.45, 7) is 1.57. The van der Waals surface area contributed by atoms with E-state index in [4.69, 9.17) is 5.11 Å². The lowest BCUT2D eigenvalue weighted by atomic mass is 10.2. The number of aliphatic carboxylic acids is 1. The van der Waals surface area contributed by atoms with E-state index in [-0.39, 0.29) is 18.5 Å². The van der Waals surface area contributed by atoms with Crippen molar-refractivity contribution in [3.05, 3.63) is 12.2 Å². The van der Waals surface area contributed by atoms with Crippen molar-refractivity contribution in [2.75, 3.05) is 6.54 Å². The van der Waals surface area contributed by atoms with Gasteiger partial charge in [0.05, 0.1) is 0 Å². The molecule has 0 aromatic carbocycles. The lowest BCUT2D eigenvalue weighted by Gasteiger charge is -2.26. The molecule has 4 heteroatoms. The first kappa shape index (κ1) is 11.8. The number of carbonyl (C=O) groups excluding carboxylic acids is 1. The number of nitrogens with zero attached hydrogens (tertiary/aromatic N) is 1. The van der Waals surface area contributed by atoms with E-state index in [2.05, 4.69) is 0 Å². The molecule has 1 amide bonds. The predicted molar refractivity (Wildman–Crippen MR) is 56.4 cm³/mol. The van der Waals surface area contributed by atoms with Crippen LogP contribution in [0.3, 0.4) is 0 Å². The molecule has 84 valence electrons. The summed E-state index contributed by atoms with van der Waals surface area (Å²) < 4.78 is 0. The Hall–Kier alpha value is -1.32. The molecule has 0 aromatic heterocycles. The molecule has 0 radical (unpaired) electrons. The Morgan fingerprint density at radius 1 is 1.40 bits per heavy atom. The van der Waals surface area contributed by atoms with Gasteiger partial charge in [0.1, 0.15) is 6.54 Å². The quantitative estimate of drug-likeness (QED) is 0.715. The van der Waals surface area contributed by atoms with Crippen molar-refractivity contribution in [2.24, 2.45) is 0 Å². The van der Waals surface area contributed by atoms with Crippen LogP contribution in [0, 0.1) is 0 Å². The number of carbonyl (C=O) groups is 2. The van der Waals surface area contributed by atoms with Crippen LogP contribution in [-0.4, -0.2) is 34.5 Å². The first-order chi connectivity index (χ1) is 7.15. The van der Waals surface area contributed by atoms with Crippen LogP contribution in [0.25, 0.3) is 0 Å². The molecule has 0 atom stereocenters. The maximum Gasteiger partial charge on any atom is 0.323 e. The fourth-order valence-corrected chi connectivity index (χ4v) is 1.99. The zero-order chi connectivity index (χ0) is 11.3. The number of rotatable bonds is 4. The molecule has 0 heterocycles. The second kappa shape index (κ2) is 5.53. The Labute approximate surface area is 89.6 Å². The predicted octanol–water partition coefficient (Wildman–Crippen LogP) is 1.42. The molecule has 1 fully saturated rings. The van der Waals surface area contributed by atoms with Crippen molar-refractivity contribution in [1.29, 1.82) is 0 Å². The molecule has 1 aliphatic carbocycles. The summed E-state index contributed by atoms with van der Waals surface area (Å²) in [5.41, 5.74) is 0. The van der Waals surface area contributed by atoms with Gasteiger partial charge in [-0.05, 0) is 25.8 Å². The standard InChI is InChI=1S/C11H17NO3/c1-2-5-10(13)12(8-11(14)15)9-6-3-4-7-9/h2,5,9H,3-4,6-8H2,1H3,(H,14,15)/b5-2+. The van der Waals surface area contributed by atoms with Gasteiger partial charge in [-0.2, -0.15) is 0 Å². The first-order valence-corrected chi connectivity index (χ1v) is 5.30. The van der Waals surface area contributed by atoms with Gasteiger partial charge in [0.15, 0.2) is 0 Å². The normalized spacial score (nSPS) is 17.1. The minimum absolute atomic E-state index is 0.116. The van der Waals surface area contributed by atoms with Gasteiger partial charge in [0, 0.05) is 6.04 Å². The van der Waals surface area contributed by atoms with Crippen LogP contribution in [0.5, 0.6) is 0 Å². The summed E-state index contributed by atoms with van der Waals surface area (Å²) in [5, 5.41) is 8.74. The summed E-state index contributed by atoms with van der Waals surface area (Å²) in [6.07, 6.45) is 7.11. The summed E-state index contributed by atoms with van der Waals surface area (Å²) in [7, 11) is 0. The first-order valence-electron chi connectivity index (χ1n) is 5.30. The van der Waals surface area contributed by atoms with Gasteiger partial charge in [0.2, 0.25) is 5.91 Å². The van der Waals surface area contributed by atoms with E-state index in [1.165, 1.54) is 11.0 Å². The van der Waals surface area contributed by atoms with E-state index in [9.17, 15) is 9.59 Å². The zero-order valence-electron chi connectivity index (χ0n) is 8.98. The fourth-order valence-electron chi connectivity index (χ4n) is 1.99. The third-order valence-corrected chi connectivity index (χ3v) is 2.66. The van der Waals surface area contributed by atoms with Gasteiger partial charge < -0.3 is 10.0 Å². The molecule has 0 aromatic rings. The molecule has 0 spiro atoms. The molecule has 1 saturated carbocycles. The maximum atomic E-state index is 11.6. The Morgan fingerprint density at radius 2 is 2.00 bits per heavy atom. The van der Waals surface area contributed by atoms with Crippen LogP contribution in [0.4, 0.5) is 0 Å². The van der Waals surface area contributed by atoms with E-state index in [1.54, 1.807) is 13.0 Å². The molecule has 4 nitrogen and oxygen atoms in total. The molecule has 1 aliphatic rings.